The number of hydrogen-bond acceptors (Lipinski definition) is 2. The highest BCUT2D eigenvalue weighted by Crippen LogP contribution is 1.91. The SMILES string of the molecule is C(#Cc1cccnc1)Cn1ccnc1. The molecule has 3 nitrogen and oxygen atoms in total. The van der Waals surface area contributed by atoms with Crippen molar-refractivity contribution in [3.8, 4) is 11.8 Å². The first kappa shape index (κ1) is 8.52. The fraction of sp³-hybridized carbons (Fsp3) is 0.0909. The van der Waals surface area contributed by atoms with Gasteiger partial charge in [0.2, 0.25) is 0 Å². The van der Waals surface area contributed by atoms with Crippen LogP contribution in [0.15, 0.2) is 43.2 Å². The van der Waals surface area contributed by atoms with Crippen LogP contribution < -0.4 is 0 Å². The molecule has 0 radical (unpaired) electrons. The van der Waals surface area contributed by atoms with Gasteiger partial charge in [-0.1, -0.05) is 11.8 Å². The van der Waals surface area contributed by atoms with Gasteiger partial charge in [-0.3, -0.25) is 4.98 Å². The first-order chi connectivity index (χ1) is 6.95. The zero-order valence-electron chi connectivity index (χ0n) is 7.59. The van der Waals surface area contributed by atoms with Gasteiger partial charge >= 0.3 is 0 Å². The molecule has 0 N–H and O–H groups in total. The van der Waals surface area contributed by atoms with E-state index in [0.29, 0.717) is 6.54 Å². The second kappa shape index (κ2) is 4.24. The summed E-state index contributed by atoms with van der Waals surface area (Å²) in [5.74, 6) is 6.06. The van der Waals surface area contributed by atoms with E-state index in [1.807, 2.05) is 22.9 Å². The van der Waals surface area contributed by atoms with E-state index in [2.05, 4.69) is 21.8 Å². The summed E-state index contributed by atoms with van der Waals surface area (Å²) in [5.41, 5.74) is 0.938. The van der Waals surface area contributed by atoms with Gasteiger partial charge in [0.05, 0.1) is 12.9 Å². The molecule has 2 heterocycles. The normalized spacial score (nSPS) is 9.14. The molecule has 0 aliphatic rings. The number of nitrogens with zero attached hydrogens (tertiary/aromatic N) is 3. The highest BCUT2D eigenvalue weighted by Gasteiger charge is 1.84. The van der Waals surface area contributed by atoms with Crippen molar-refractivity contribution in [2.75, 3.05) is 0 Å². The lowest BCUT2D eigenvalue weighted by Gasteiger charge is -1.90. The maximum atomic E-state index is 3.98. The molecule has 0 aliphatic heterocycles. The minimum atomic E-state index is 0.662. The molecule has 0 unspecified atom stereocenters. The third-order valence-corrected chi connectivity index (χ3v) is 1.72. The predicted octanol–water partition coefficient (Wildman–Crippen LogP) is 1.33. The maximum absolute atomic E-state index is 3.98. The monoisotopic (exact) mass is 183 g/mol. The fourth-order valence-corrected chi connectivity index (χ4v) is 1.05. The van der Waals surface area contributed by atoms with E-state index in [9.17, 15) is 0 Å². The molecule has 68 valence electrons. The van der Waals surface area contributed by atoms with Gasteiger partial charge in [-0.15, -0.1) is 0 Å². The first-order valence-corrected chi connectivity index (χ1v) is 4.30. The van der Waals surface area contributed by atoms with Crippen molar-refractivity contribution in [2.24, 2.45) is 0 Å². The predicted molar refractivity (Wildman–Crippen MR) is 53.3 cm³/mol. The van der Waals surface area contributed by atoms with Gasteiger partial charge < -0.3 is 4.57 Å². The number of hydrogen-bond donors (Lipinski definition) is 0. The lowest BCUT2D eigenvalue weighted by atomic mass is 10.3. The van der Waals surface area contributed by atoms with Gasteiger partial charge in [0, 0.05) is 30.4 Å². The molecule has 0 amide bonds. The smallest absolute Gasteiger partial charge is 0.0954 e. The summed E-state index contributed by atoms with van der Waals surface area (Å²) in [5, 5.41) is 0. The summed E-state index contributed by atoms with van der Waals surface area (Å²) in [6, 6.07) is 3.81. The molecule has 2 aromatic heterocycles. The van der Waals surface area contributed by atoms with Crippen LogP contribution in [-0.2, 0) is 6.54 Å². The molecule has 0 aromatic carbocycles. The Labute approximate surface area is 82.4 Å². The van der Waals surface area contributed by atoms with Gasteiger partial charge in [0.1, 0.15) is 0 Å². The Bertz CT molecular complexity index is 434. The lowest BCUT2D eigenvalue weighted by Crippen LogP contribution is -1.90. The van der Waals surface area contributed by atoms with Crippen LogP contribution in [0.4, 0.5) is 0 Å². The Balaban J connectivity index is 2.02. The van der Waals surface area contributed by atoms with Gasteiger partial charge in [-0.05, 0) is 12.1 Å². The van der Waals surface area contributed by atoms with Crippen LogP contribution in [0.1, 0.15) is 5.56 Å². The summed E-state index contributed by atoms with van der Waals surface area (Å²) in [4.78, 5) is 7.91. The molecule has 0 atom stereocenters. The van der Waals surface area contributed by atoms with Crippen molar-refractivity contribution >= 4 is 0 Å². The van der Waals surface area contributed by atoms with Crippen molar-refractivity contribution in [2.45, 2.75) is 6.54 Å². The third-order valence-electron chi connectivity index (χ3n) is 1.72. The van der Waals surface area contributed by atoms with Crippen LogP contribution in [0.3, 0.4) is 0 Å². The van der Waals surface area contributed by atoms with E-state index >= 15 is 0 Å². The minimum Gasteiger partial charge on any atom is -0.326 e. The van der Waals surface area contributed by atoms with E-state index in [4.69, 9.17) is 0 Å². The quantitative estimate of drug-likeness (QED) is 0.624. The Morgan fingerprint density at radius 3 is 3.00 bits per heavy atom. The second-order valence-electron chi connectivity index (χ2n) is 2.78. The molecule has 2 aromatic rings. The van der Waals surface area contributed by atoms with Crippen LogP contribution in [0, 0.1) is 11.8 Å². The average molecular weight is 183 g/mol. The zero-order chi connectivity index (χ0) is 9.64. The molecule has 0 fully saturated rings. The van der Waals surface area contributed by atoms with E-state index in [1.165, 1.54) is 0 Å². The van der Waals surface area contributed by atoms with Crippen LogP contribution in [0.2, 0.25) is 0 Å². The number of rotatable bonds is 1. The molecular weight excluding hydrogens is 174 g/mol. The van der Waals surface area contributed by atoms with Crippen LogP contribution in [0.5, 0.6) is 0 Å². The Morgan fingerprint density at radius 2 is 2.29 bits per heavy atom. The van der Waals surface area contributed by atoms with Gasteiger partial charge in [0.15, 0.2) is 0 Å². The standard InChI is InChI=1S/C11H9N3/c1-3-11(9-12-5-1)4-2-7-14-8-6-13-10-14/h1,3,5-6,8-10H,7H2. The third kappa shape index (κ3) is 2.20. The van der Waals surface area contributed by atoms with Crippen LogP contribution >= 0.6 is 0 Å². The molecule has 3 heteroatoms. The summed E-state index contributed by atoms with van der Waals surface area (Å²) in [7, 11) is 0. The summed E-state index contributed by atoms with van der Waals surface area (Å²) in [6.07, 6.45) is 8.86. The molecule has 0 spiro atoms. The van der Waals surface area contributed by atoms with Crippen molar-refractivity contribution in [3.05, 3.63) is 48.8 Å². The first-order valence-electron chi connectivity index (χ1n) is 4.30. The summed E-state index contributed by atoms with van der Waals surface area (Å²) >= 11 is 0. The van der Waals surface area contributed by atoms with Crippen LogP contribution in [-0.4, -0.2) is 14.5 Å². The molecule has 0 saturated carbocycles. The van der Waals surface area contributed by atoms with Gasteiger partial charge in [-0.2, -0.15) is 0 Å². The second-order valence-corrected chi connectivity index (χ2v) is 2.78. The van der Waals surface area contributed by atoms with E-state index in [0.717, 1.165) is 5.56 Å². The maximum Gasteiger partial charge on any atom is 0.0954 e. The van der Waals surface area contributed by atoms with E-state index in [1.54, 1.807) is 24.9 Å². The molecular formula is C11H9N3. The van der Waals surface area contributed by atoms with Gasteiger partial charge in [-0.25, -0.2) is 4.98 Å². The molecule has 0 bridgehead atoms. The molecule has 0 saturated heterocycles. The van der Waals surface area contributed by atoms with Crippen molar-refractivity contribution in [1.29, 1.82) is 0 Å². The Hall–Kier alpha value is -2.08. The molecule has 14 heavy (non-hydrogen) atoms. The van der Waals surface area contributed by atoms with E-state index in [-0.39, 0.29) is 0 Å². The van der Waals surface area contributed by atoms with Crippen molar-refractivity contribution < 1.29 is 0 Å². The lowest BCUT2D eigenvalue weighted by molar-refractivity contribution is 0.840. The van der Waals surface area contributed by atoms with Crippen molar-refractivity contribution in [1.82, 2.24) is 14.5 Å². The average Bonchev–Trinajstić information content (AvgIpc) is 2.72. The summed E-state index contributed by atoms with van der Waals surface area (Å²) < 4.78 is 1.92. The number of aromatic nitrogens is 3. The summed E-state index contributed by atoms with van der Waals surface area (Å²) in [6.45, 7) is 0.662. The van der Waals surface area contributed by atoms with Gasteiger partial charge in [0.25, 0.3) is 0 Å². The van der Waals surface area contributed by atoms with Crippen molar-refractivity contribution in [3.63, 3.8) is 0 Å². The highest BCUT2D eigenvalue weighted by atomic mass is 15.0. The number of imidazole rings is 1. The minimum absolute atomic E-state index is 0.662. The van der Waals surface area contributed by atoms with Crippen LogP contribution in [0.25, 0.3) is 0 Å². The molecule has 0 aliphatic carbocycles. The molecule has 2 rings (SSSR count). The Kier molecular flexibility index (Phi) is 2.58. The Morgan fingerprint density at radius 1 is 1.29 bits per heavy atom. The fourth-order valence-electron chi connectivity index (χ4n) is 1.05. The highest BCUT2D eigenvalue weighted by molar-refractivity contribution is 5.30. The van der Waals surface area contributed by atoms with E-state index < -0.39 is 0 Å². The number of pyridine rings is 1. The topological polar surface area (TPSA) is 30.7 Å². The largest absolute Gasteiger partial charge is 0.326 e. The zero-order valence-corrected chi connectivity index (χ0v) is 7.59.